The zero-order valence-electron chi connectivity index (χ0n) is 27.0. The summed E-state index contributed by atoms with van der Waals surface area (Å²) >= 11 is 1.14. The smallest absolute Gasteiger partial charge is 0.271 e. The first-order valence-corrected chi connectivity index (χ1v) is 17.2. The van der Waals surface area contributed by atoms with Crippen molar-refractivity contribution >= 4 is 45.0 Å². The molecule has 0 aliphatic carbocycles. The van der Waals surface area contributed by atoms with Gasteiger partial charge in [0.2, 0.25) is 11.8 Å². The third-order valence-electron chi connectivity index (χ3n) is 6.92. The largest absolute Gasteiger partial charge is 0.382 e. The van der Waals surface area contributed by atoms with Crippen molar-refractivity contribution < 1.29 is 46.4 Å². The van der Waals surface area contributed by atoms with E-state index in [1.165, 1.54) is 20.4 Å². The van der Waals surface area contributed by atoms with Crippen molar-refractivity contribution in [3.05, 3.63) is 87.9 Å². The van der Waals surface area contributed by atoms with E-state index in [0.29, 0.717) is 16.1 Å². The van der Waals surface area contributed by atoms with Gasteiger partial charge >= 0.3 is 0 Å². The Hall–Kier alpha value is -4.06. The molecule has 0 saturated heterocycles. The second-order valence-corrected chi connectivity index (χ2v) is 14.0. The average molecular weight is 705 g/mol. The SMILES string of the molecule is COC[C@H](NC(=O)c1cnc(C)s1)C(=O)N[C@@H](COC)C(=O)NC(Cc1ccccc1)C(=O)C(C)(O)COS(=O)(=O)Cc1ccccc1. The summed E-state index contributed by atoms with van der Waals surface area (Å²) in [7, 11) is -1.55. The molecule has 260 valence electrons. The Labute approximate surface area is 283 Å². The Morgan fingerprint density at radius 2 is 1.38 bits per heavy atom. The molecule has 2 aromatic carbocycles. The minimum Gasteiger partial charge on any atom is -0.382 e. The van der Waals surface area contributed by atoms with Crippen LogP contribution >= 0.6 is 11.3 Å². The maximum atomic E-state index is 13.7. The van der Waals surface area contributed by atoms with Crippen molar-refractivity contribution in [3.63, 3.8) is 0 Å². The van der Waals surface area contributed by atoms with Gasteiger partial charge in [0.1, 0.15) is 34.9 Å². The number of rotatable bonds is 19. The lowest BCUT2D eigenvalue weighted by Crippen LogP contribution is -2.60. The standard InChI is InChI=1S/C32H40N4O10S2/c1-21-33-16-27(47-21)31(40)36-26(18-45-4)30(39)35-25(17-44-3)29(38)34-24(15-22-11-7-5-8-12-22)28(37)32(2,41)20-46-48(42,43)19-23-13-9-6-10-14-23/h5-14,16,24-26,41H,15,17-20H2,1-4H3,(H,34,38)(H,35,39)(H,36,40)/t24?,25-,26-,32?/m0/s1. The topological polar surface area (TPSA) is 199 Å². The molecule has 48 heavy (non-hydrogen) atoms. The molecule has 16 heteroatoms. The molecule has 14 nitrogen and oxygen atoms in total. The van der Waals surface area contributed by atoms with E-state index < -0.39 is 69.7 Å². The number of amides is 3. The average Bonchev–Trinajstić information content (AvgIpc) is 3.50. The highest BCUT2D eigenvalue weighted by atomic mass is 32.2. The number of thiazole rings is 1. The molecule has 1 aromatic heterocycles. The van der Waals surface area contributed by atoms with Crippen LogP contribution in [-0.2, 0) is 50.3 Å². The number of nitrogens with zero attached hydrogens (tertiary/aromatic N) is 1. The second-order valence-electron chi connectivity index (χ2n) is 11.1. The number of benzene rings is 2. The van der Waals surface area contributed by atoms with Crippen LogP contribution in [0, 0.1) is 6.92 Å². The lowest BCUT2D eigenvalue weighted by atomic mass is 9.91. The highest BCUT2D eigenvalue weighted by Gasteiger charge is 2.39. The number of hydrogen-bond acceptors (Lipinski definition) is 12. The van der Waals surface area contributed by atoms with E-state index in [1.807, 2.05) is 0 Å². The molecule has 3 rings (SSSR count). The molecule has 0 bridgehead atoms. The van der Waals surface area contributed by atoms with Gasteiger partial charge in [-0.15, -0.1) is 11.3 Å². The molecular weight excluding hydrogens is 665 g/mol. The highest BCUT2D eigenvalue weighted by Crippen LogP contribution is 2.17. The summed E-state index contributed by atoms with van der Waals surface area (Å²) in [5.74, 6) is -3.57. The van der Waals surface area contributed by atoms with E-state index in [9.17, 15) is 32.7 Å². The third-order valence-corrected chi connectivity index (χ3v) is 8.99. The van der Waals surface area contributed by atoms with Crippen LogP contribution < -0.4 is 16.0 Å². The van der Waals surface area contributed by atoms with E-state index in [2.05, 4.69) is 20.9 Å². The number of aromatic nitrogens is 1. The molecule has 4 atom stereocenters. The maximum absolute atomic E-state index is 13.7. The predicted molar refractivity (Wildman–Crippen MR) is 177 cm³/mol. The van der Waals surface area contributed by atoms with E-state index in [-0.39, 0.29) is 24.5 Å². The lowest BCUT2D eigenvalue weighted by Gasteiger charge is -2.29. The van der Waals surface area contributed by atoms with Gasteiger partial charge in [0.25, 0.3) is 16.0 Å². The summed E-state index contributed by atoms with van der Waals surface area (Å²) in [4.78, 5) is 57.5. The first-order valence-electron chi connectivity index (χ1n) is 14.8. The molecular formula is C32H40N4O10S2. The fraction of sp³-hybridized carbons (Fsp3) is 0.406. The fourth-order valence-corrected chi connectivity index (χ4v) is 6.24. The molecule has 0 saturated carbocycles. The maximum Gasteiger partial charge on any atom is 0.271 e. The van der Waals surface area contributed by atoms with E-state index in [1.54, 1.807) is 67.6 Å². The van der Waals surface area contributed by atoms with Crippen molar-refractivity contribution in [2.24, 2.45) is 0 Å². The van der Waals surface area contributed by atoms with Gasteiger partial charge in [0.15, 0.2) is 5.78 Å². The minimum absolute atomic E-state index is 0.0808. The molecule has 0 spiro atoms. The Kier molecular flexibility index (Phi) is 14.3. The van der Waals surface area contributed by atoms with E-state index in [4.69, 9.17) is 13.7 Å². The van der Waals surface area contributed by atoms with Crippen LogP contribution in [0.1, 0.15) is 32.7 Å². The van der Waals surface area contributed by atoms with Gasteiger partial charge in [0, 0.05) is 14.2 Å². The number of methoxy groups -OCH3 is 2. The molecule has 3 amide bonds. The Bertz CT molecular complexity index is 1630. The van der Waals surface area contributed by atoms with Gasteiger partial charge in [-0.1, -0.05) is 60.7 Å². The summed E-state index contributed by atoms with van der Waals surface area (Å²) in [5, 5.41) is 19.4. The van der Waals surface area contributed by atoms with Crippen LogP contribution in [0.15, 0.2) is 66.9 Å². The van der Waals surface area contributed by atoms with Crippen LogP contribution in [0.2, 0.25) is 0 Å². The summed E-state index contributed by atoms with van der Waals surface area (Å²) < 4.78 is 40.5. The number of aryl methyl sites for hydroxylation is 1. The summed E-state index contributed by atoms with van der Waals surface area (Å²) in [6.07, 6.45) is 1.30. The van der Waals surface area contributed by atoms with Crippen LogP contribution in [0.25, 0.3) is 0 Å². The molecule has 2 unspecified atom stereocenters. The van der Waals surface area contributed by atoms with Crippen LogP contribution in [0.3, 0.4) is 0 Å². The number of Topliss-reactive ketones (excluding diaryl/α,β-unsaturated/α-hetero) is 1. The number of carbonyl (C=O) groups excluding carboxylic acids is 4. The zero-order valence-corrected chi connectivity index (χ0v) is 28.6. The van der Waals surface area contributed by atoms with E-state index >= 15 is 0 Å². The van der Waals surface area contributed by atoms with Crippen LogP contribution in [0.5, 0.6) is 0 Å². The Morgan fingerprint density at radius 3 is 1.90 bits per heavy atom. The van der Waals surface area contributed by atoms with E-state index in [0.717, 1.165) is 18.3 Å². The van der Waals surface area contributed by atoms with Crippen molar-refractivity contribution in [1.82, 2.24) is 20.9 Å². The first kappa shape index (κ1) is 38.4. The first-order chi connectivity index (χ1) is 22.7. The Balaban J connectivity index is 1.76. The second kappa shape index (κ2) is 17.9. The minimum atomic E-state index is -4.19. The Morgan fingerprint density at radius 1 is 0.854 bits per heavy atom. The van der Waals surface area contributed by atoms with Gasteiger partial charge in [-0.3, -0.25) is 23.4 Å². The number of carbonyl (C=O) groups is 4. The molecule has 4 N–H and O–H groups in total. The monoisotopic (exact) mass is 704 g/mol. The predicted octanol–water partition coefficient (Wildman–Crippen LogP) is 0.922. The van der Waals surface area contributed by atoms with Gasteiger partial charge in [-0.05, 0) is 31.4 Å². The lowest BCUT2D eigenvalue weighted by molar-refractivity contribution is -0.143. The fourth-order valence-electron chi connectivity index (χ4n) is 4.47. The van der Waals surface area contributed by atoms with Crippen molar-refractivity contribution in [1.29, 1.82) is 0 Å². The summed E-state index contributed by atoms with van der Waals surface area (Å²) in [5.41, 5.74) is -1.27. The molecule has 0 fully saturated rings. The molecule has 1 heterocycles. The highest BCUT2D eigenvalue weighted by molar-refractivity contribution is 7.85. The number of aliphatic hydroxyl groups is 1. The van der Waals surface area contributed by atoms with Crippen LogP contribution in [-0.4, -0.2) is 99.8 Å². The molecule has 0 aliphatic heterocycles. The quantitative estimate of drug-likeness (QED) is 0.129. The summed E-state index contributed by atoms with van der Waals surface area (Å²) in [6, 6.07) is 12.9. The summed E-state index contributed by atoms with van der Waals surface area (Å²) in [6.45, 7) is 1.38. The van der Waals surface area contributed by atoms with Gasteiger partial charge in [-0.2, -0.15) is 8.42 Å². The number of ketones is 1. The number of hydrogen-bond donors (Lipinski definition) is 4. The van der Waals surface area contributed by atoms with Gasteiger partial charge in [-0.25, -0.2) is 4.98 Å². The molecule has 0 radical (unpaired) electrons. The number of ether oxygens (including phenoxy) is 2. The number of nitrogens with one attached hydrogen (secondary N) is 3. The van der Waals surface area contributed by atoms with Crippen molar-refractivity contribution in [2.75, 3.05) is 34.0 Å². The van der Waals surface area contributed by atoms with Gasteiger partial charge in [0.05, 0.1) is 30.5 Å². The van der Waals surface area contributed by atoms with Crippen molar-refractivity contribution in [3.8, 4) is 0 Å². The van der Waals surface area contributed by atoms with Crippen molar-refractivity contribution in [2.45, 2.75) is 49.7 Å². The molecule has 3 aromatic rings. The third kappa shape index (κ3) is 11.9. The normalized spacial score (nSPS) is 14.6. The zero-order chi connectivity index (χ0) is 35.3. The van der Waals surface area contributed by atoms with Crippen LogP contribution in [0.4, 0.5) is 0 Å². The van der Waals surface area contributed by atoms with Gasteiger partial charge < -0.3 is 30.5 Å². The molecule has 0 aliphatic rings.